The third-order valence-corrected chi connectivity index (χ3v) is 6.80. The smallest absolute Gasteiger partial charge is 0.416 e. The topological polar surface area (TPSA) is 102 Å². The number of carbonyl (C=O) groups is 2. The maximum Gasteiger partial charge on any atom is 0.416 e. The molecule has 1 aliphatic heterocycles. The van der Waals surface area contributed by atoms with Gasteiger partial charge in [-0.25, -0.2) is 4.79 Å². The van der Waals surface area contributed by atoms with E-state index in [4.69, 9.17) is 0 Å². The van der Waals surface area contributed by atoms with Crippen LogP contribution in [0, 0.1) is 0 Å². The quantitative estimate of drug-likeness (QED) is 0.114. The first-order valence-corrected chi connectivity index (χ1v) is 12.7. The van der Waals surface area contributed by atoms with Gasteiger partial charge in [0, 0.05) is 11.1 Å². The zero-order chi connectivity index (χ0) is 33.8. The van der Waals surface area contributed by atoms with Crippen LogP contribution in [-0.2, 0) is 23.3 Å². The van der Waals surface area contributed by atoms with Gasteiger partial charge < -0.3 is 10.2 Å². The van der Waals surface area contributed by atoms with Crippen molar-refractivity contribution in [3.63, 3.8) is 0 Å². The number of amides is 1. The molecule has 7 nitrogen and oxygen atoms in total. The molecule has 4 aromatic rings. The molecule has 1 aliphatic rings. The minimum absolute atomic E-state index is 0.103. The number of phenolic OH excluding ortho intramolecular Hbond substituents is 1. The van der Waals surface area contributed by atoms with Crippen molar-refractivity contribution in [3.8, 4) is 16.9 Å². The molecule has 1 amide bonds. The first-order chi connectivity index (χ1) is 21.4. The molecule has 0 radical (unpaired) electrons. The number of para-hydroxylation sites is 1. The van der Waals surface area contributed by atoms with Crippen LogP contribution in [0.1, 0.15) is 32.6 Å². The Morgan fingerprint density at radius 2 is 1.33 bits per heavy atom. The number of carboxylic acids is 1. The van der Waals surface area contributed by atoms with E-state index in [9.17, 15) is 59.3 Å². The summed E-state index contributed by atoms with van der Waals surface area (Å²) in [5, 5.41) is 24.0. The molecule has 16 heteroatoms. The number of benzene rings is 4. The summed E-state index contributed by atoms with van der Waals surface area (Å²) in [6.07, 6.45) is -15.6. The summed E-state index contributed by atoms with van der Waals surface area (Å²) >= 11 is 0. The van der Waals surface area contributed by atoms with E-state index >= 15 is 0 Å². The highest BCUT2D eigenvalue weighted by atomic mass is 19.4. The molecular formula is C30H16F9N3O4. The summed E-state index contributed by atoms with van der Waals surface area (Å²) in [7, 11) is 0. The number of anilines is 3. The average molecular weight is 653 g/mol. The fourth-order valence-electron chi connectivity index (χ4n) is 4.66. The van der Waals surface area contributed by atoms with Crippen molar-refractivity contribution in [2.24, 2.45) is 5.10 Å². The number of nitrogens with one attached hydrogen (secondary N) is 1. The summed E-state index contributed by atoms with van der Waals surface area (Å²) < 4.78 is 122. The minimum atomic E-state index is -5.32. The van der Waals surface area contributed by atoms with Crippen molar-refractivity contribution < 1.29 is 59.3 Å². The lowest BCUT2D eigenvalue weighted by Crippen LogP contribution is -2.27. The van der Waals surface area contributed by atoms with Crippen molar-refractivity contribution in [3.05, 3.63) is 107 Å². The summed E-state index contributed by atoms with van der Waals surface area (Å²) in [5.41, 5.74) is -5.35. The lowest BCUT2D eigenvalue weighted by Gasteiger charge is -2.21. The molecular weight excluding hydrogens is 637 g/mol. The molecule has 46 heavy (non-hydrogen) atoms. The van der Waals surface area contributed by atoms with Gasteiger partial charge in [-0.1, -0.05) is 24.3 Å². The Balaban J connectivity index is 1.63. The molecule has 0 fully saturated rings. The number of aromatic hydroxyl groups is 1. The number of phenols is 1. The van der Waals surface area contributed by atoms with Crippen LogP contribution in [0.3, 0.4) is 0 Å². The van der Waals surface area contributed by atoms with E-state index in [1.807, 2.05) is 0 Å². The van der Waals surface area contributed by atoms with Gasteiger partial charge in [-0.05, 0) is 60.2 Å². The van der Waals surface area contributed by atoms with Crippen molar-refractivity contribution in [1.29, 1.82) is 0 Å². The van der Waals surface area contributed by atoms with Crippen molar-refractivity contribution in [2.75, 3.05) is 10.3 Å². The fraction of sp³-hybridized carbons (Fsp3) is 0.100. The Bertz CT molecular complexity index is 1880. The number of carbonyl (C=O) groups excluding carboxylic acids is 1. The Morgan fingerprint density at radius 1 is 0.717 bits per heavy atom. The van der Waals surface area contributed by atoms with Crippen LogP contribution in [-0.4, -0.2) is 27.8 Å². The van der Waals surface area contributed by atoms with Crippen LogP contribution in [0.5, 0.6) is 5.75 Å². The van der Waals surface area contributed by atoms with E-state index in [-0.39, 0.29) is 51.0 Å². The predicted molar refractivity (Wildman–Crippen MR) is 146 cm³/mol. The van der Waals surface area contributed by atoms with E-state index in [2.05, 4.69) is 10.5 Å². The first kappa shape index (κ1) is 31.9. The first-order valence-electron chi connectivity index (χ1n) is 12.7. The zero-order valence-electron chi connectivity index (χ0n) is 22.5. The second-order valence-corrected chi connectivity index (χ2v) is 9.79. The Kier molecular flexibility index (Phi) is 7.70. The average Bonchev–Trinajstić information content (AvgIpc) is 3.25. The lowest BCUT2D eigenvalue weighted by atomic mass is 10.0. The van der Waals surface area contributed by atoms with Crippen LogP contribution in [0.4, 0.5) is 56.6 Å². The Hall–Kier alpha value is -5.54. The van der Waals surface area contributed by atoms with Crippen LogP contribution < -0.4 is 10.3 Å². The largest absolute Gasteiger partial charge is 0.505 e. The lowest BCUT2D eigenvalue weighted by molar-refractivity contribution is -0.143. The van der Waals surface area contributed by atoms with Gasteiger partial charge >= 0.3 is 24.5 Å². The van der Waals surface area contributed by atoms with Gasteiger partial charge in [0.15, 0.2) is 5.71 Å². The SMILES string of the molecule is O=C(O)c1cccc(-c2cccc(NN=C3C(=O)N(c4cc(C(F)(F)F)cc(C(F)(F)F)c4)c4cc(C(F)(F)F)ccc43)c2O)c1. The standard InChI is InChI=1S/C30H16F9N3O4/c31-28(32,33)16-7-8-21-23(13-16)42(19-11-17(29(34,35)36)10-18(12-19)30(37,38)39)26(44)24(21)41-40-22-6-2-5-20(25(22)43)14-3-1-4-15(9-14)27(45)46/h1-13,40,43H,(H,45,46). The monoisotopic (exact) mass is 653 g/mol. The highest BCUT2D eigenvalue weighted by molar-refractivity contribution is 6.55. The number of nitrogens with zero attached hydrogens (tertiary/aromatic N) is 2. The van der Waals surface area contributed by atoms with Crippen LogP contribution in [0.25, 0.3) is 11.1 Å². The van der Waals surface area contributed by atoms with E-state index in [0.717, 1.165) is 6.07 Å². The number of alkyl halides is 9. The number of aromatic carboxylic acids is 1. The molecule has 0 saturated carbocycles. The van der Waals surface area contributed by atoms with Crippen LogP contribution >= 0.6 is 0 Å². The van der Waals surface area contributed by atoms with E-state index < -0.39 is 69.9 Å². The molecule has 0 atom stereocenters. The second-order valence-electron chi connectivity index (χ2n) is 9.79. The third-order valence-electron chi connectivity index (χ3n) is 6.80. The van der Waals surface area contributed by atoms with E-state index in [0.29, 0.717) is 12.1 Å². The highest BCUT2D eigenvalue weighted by Crippen LogP contribution is 2.44. The molecule has 0 aliphatic carbocycles. The van der Waals surface area contributed by atoms with Crippen molar-refractivity contribution in [2.45, 2.75) is 18.5 Å². The van der Waals surface area contributed by atoms with Crippen LogP contribution in [0.15, 0.2) is 84.0 Å². The van der Waals surface area contributed by atoms with Crippen molar-refractivity contribution in [1.82, 2.24) is 0 Å². The molecule has 5 rings (SSSR count). The molecule has 0 saturated heterocycles. The normalized spacial score (nSPS) is 14.5. The minimum Gasteiger partial charge on any atom is -0.505 e. The maximum atomic E-state index is 13.6. The zero-order valence-corrected chi connectivity index (χ0v) is 22.5. The van der Waals surface area contributed by atoms with Gasteiger partial charge in [0.25, 0.3) is 5.91 Å². The summed E-state index contributed by atoms with van der Waals surface area (Å²) in [4.78, 5) is 25.1. The second kappa shape index (κ2) is 11.1. The molecule has 0 unspecified atom stereocenters. The number of hydrogen-bond acceptors (Lipinski definition) is 5. The van der Waals surface area contributed by atoms with Gasteiger partial charge in [0.2, 0.25) is 0 Å². The molecule has 0 bridgehead atoms. The molecule has 238 valence electrons. The highest BCUT2D eigenvalue weighted by Gasteiger charge is 2.42. The van der Waals surface area contributed by atoms with Gasteiger partial charge in [-0.3, -0.25) is 15.1 Å². The summed E-state index contributed by atoms with van der Waals surface area (Å²) in [6, 6.07) is 11.4. The molecule has 1 heterocycles. The number of hydrogen-bond donors (Lipinski definition) is 3. The number of rotatable bonds is 5. The fourth-order valence-corrected chi connectivity index (χ4v) is 4.66. The van der Waals surface area contributed by atoms with Crippen molar-refractivity contribution >= 4 is 34.7 Å². The third kappa shape index (κ3) is 6.05. The van der Waals surface area contributed by atoms with Gasteiger partial charge in [-0.2, -0.15) is 44.6 Å². The number of fused-ring (bicyclic) bond motifs is 1. The number of hydrazone groups is 1. The number of halogens is 9. The maximum absolute atomic E-state index is 13.6. The Morgan fingerprint density at radius 3 is 1.91 bits per heavy atom. The predicted octanol–water partition coefficient (Wildman–Crippen LogP) is 8.31. The van der Waals surface area contributed by atoms with Gasteiger partial charge in [0.1, 0.15) is 5.75 Å². The van der Waals surface area contributed by atoms with E-state index in [1.54, 1.807) is 0 Å². The van der Waals surface area contributed by atoms with Gasteiger partial charge in [-0.15, -0.1) is 0 Å². The van der Waals surface area contributed by atoms with Gasteiger partial charge in [0.05, 0.1) is 39.3 Å². The number of carboxylic acid groups (broad SMARTS) is 1. The molecule has 4 aromatic carbocycles. The molecule has 0 spiro atoms. The van der Waals surface area contributed by atoms with E-state index in [1.165, 1.54) is 42.5 Å². The summed E-state index contributed by atoms with van der Waals surface area (Å²) in [5.74, 6) is -3.13. The van der Waals surface area contributed by atoms with Crippen LogP contribution in [0.2, 0.25) is 0 Å². The molecule has 3 N–H and O–H groups in total. The molecule has 0 aromatic heterocycles. The summed E-state index contributed by atoms with van der Waals surface area (Å²) in [6.45, 7) is 0. The Labute approximate surface area is 251 Å².